The maximum atomic E-state index is 12.9. The largest absolute Gasteiger partial charge is 0.423 e. The van der Waals surface area contributed by atoms with Crippen molar-refractivity contribution < 1.29 is 12.8 Å². The second-order valence-corrected chi connectivity index (χ2v) is 8.87. The van der Waals surface area contributed by atoms with Crippen LogP contribution in [0.3, 0.4) is 0 Å². The van der Waals surface area contributed by atoms with Crippen LogP contribution >= 0.6 is 0 Å². The van der Waals surface area contributed by atoms with E-state index in [1.54, 1.807) is 30.3 Å². The van der Waals surface area contributed by atoms with Crippen molar-refractivity contribution in [3.05, 3.63) is 101 Å². The fourth-order valence-corrected chi connectivity index (χ4v) is 4.25. The summed E-state index contributed by atoms with van der Waals surface area (Å²) in [5, 5.41) is 0. The third kappa shape index (κ3) is 4.28. The van der Waals surface area contributed by atoms with Crippen LogP contribution in [0.15, 0.2) is 88.2 Å². The number of hydrogen-bond acceptors (Lipinski definition) is 4. The molecule has 1 heterocycles. The van der Waals surface area contributed by atoms with Gasteiger partial charge in [0.1, 0.15) is 5.69 Å². The molecule has 0 aliphatic carbocycles. The Morgan fingerprint density at radius 1 is 0.900 bits per heavy atom. The maximum Gasteiger partial charge on any atom is 0.264 e. The minimum absolute atomic E-state index is 0.124. The number of rotatable bonds is 6. The van der Waals surface area contributed by atoms with Gasteiger partial charge in [0.2, 0.25) is 11.8 Å². The van der Waals surface area contributed by atoms with Crippen molar-refractivity contribution >= 4 is 15.9 Å². The number of nitrogens with one attached hydrogen (secondary N) is 1. The number of nitrogens with zero attached hydrogens (tertiary/aromatic N) is 1. The van der Waals surface area contributed by atoms with Gasteiger partial charge in [0.05, 0.1) is 4.90 Å². The Bertz CT molecular complexity index is 1260. The first-order valence-electron chi connectivity index (χ1n) is 9.61. The minimum atomic E-state index is -3.81. The summed E-state index contributed by atoms with van der Waals surface area (Å²) >= 11 is 0. The molecule has 30 heavy (non-hydrogen) atoms. The highest BCUT2D eigenvalue weighted by molar-refractivity contribution is 7.92. The number of oxazole rings is 1. The molecule has 0 aliphatic rings. The van der Waals surface area contributed by atoms with Gasteiger partial charge in [-0.15, -0.1) is 0 Å². The van der Waals surface area contributed by atoms with Gasteiger partial charge in [-0.05, 0) is 43.2 Å². The van der Waals surface area contributed by atoms with Crippen LogP contribution in [0.5, 0.6) is 0 Å². The molecular weight excluding hydrogens is 396 g/mol. The molecule has 0 aliphatic heterocycles. The highest BCUT2D eigenvalue weighted by Gasteiger charge is 2.23. The fraction of sp³-hybridized carbons (Fsp3) is 0.125. The molecule has 0 amide bonds. The molecule has 4 rings (SSSR count). The van der Waals surface area contributed by atoms with Crippen molar-refractivity contribution in [2.45, 2.75) is 25.2 Å². The lowest BCUT2D eigenvalue weighted by Gasteiger charge is -2.09. The topological polar surface area (TPSA) is 72.2 Å². The summed E-state index contributed by atoms with van der Waals surface area (Å²) in [6.45, 7) is 3.96. The molecule has 5 nitrogen and oxygen atoms in total. The zero-order valence-corrected chi connectivity index (χ0v) is 17.6. The molecule has 0 radical (unpaired) electrons. The normalized spacial score (nSPS) is 11.4. The van der Waals surface area contributed by atoms with E-state index in [0.717, 1.165) is 22.3 Å². The molecule has 0 unspecified atom stereocenters. The lowest BCUT2D eigenvalue weighted by Crippen LogP contribution is -2.13. The zero-order valence-electron chi connectivity index (χ0n) is 16.8. The maximum absolute atomic E-state index is 12.9. The first-order valence-corrected chi connectivity index (χ1v) is 11.1. The molecule has 0 saturated heterocycles. The predicted molar refractivity (Wildman–Crippen MR) is 118 cm³/mol. The molecule has 0 fully saturated rings. The van der Waals surface area contributed by atoms with Gasteiger partial charge in [-0.3, -0.25) is 0 Å². The van der Waals surface area contributed by atoms with Crippen LogP contribution in [0, 0.1) is 13.8 Å². The fourth-order valence-electron chi connectivity index (χ4n) is 3.23. The van der Waals surface area contributed by atoms with Crippen molar-refractivity contribution in [1.82, 2.24) is 4.98 Å². The Balaban J connectivity index is 1.78. The van der Waals surface area contributed by atoms with E-state index >= 15 is 0 Å². The highest BCUT2D eigenvalue weighted by atomic mass is 32.2. The average molecular weight is 419 g/mol. The molecule has 0 spiro atoms. The van der Waals surface area contributed by atoms with Crippen LogP contribution in [0.4, 0.5) is 5.88 Å². The first kappa shape index (κ1) is 19.9. The van der Waals surface area contributed by atoms with Crippen LogP contribution in [-0.2, 0) is 16.4 Å². The molecule has 1 N–H and O–H groups in total. The highest BCUT2D eigenvalue weighted by Crippen LogP contribution is 2.33. The molecule has 4 aromatic rings. The lowest BCUT2D eigenvalue weighted by atomic mass is 10.0. The van der Waals surface area contributed by atoms with Gasteiger partial charge in [0.25, 0.3) is 10.0 Å². The number of aromatic nitrogens is 1. The van der Waals surface area contributed by atoms with E-state index in [1.165, 1.54) is 0 Å². The van der Waals surface area contributed by atoms with E-state index in [-0.39, 0.29) is 10.8 Å². The molecule has 3 aromatic carbocycles. The van der Waals surface area contributed by atoms with Gasteiger partial charge >= 0.3 is 0 Å². The SMILES string of the molecule is Cc1ccc(C)c(-c2nc(Cc3ccccc3)oc2NS(=O)(=O)c2ccccc2)c1. The van der Waals surface area contributed by atoms with Crippen LogP contribution in [0.2, 0.25) is 0 Å². The van der Waals surface area contributed by atoms with Crippen LogP contribution < -0.4 is 4.72 Å². The third-order valence-electron chi connectivity index (χ3n) is 4.80. The molecular formula is C24H22N2O3S. The quantitative estimate of drug-likeness (QED) is 0.458. The monoisotopic (exact) mass is 418 g/mol. The third-order valence-corrected chi connectivity index (χ3v) is 6.15. The summed E-state index contributed by atoms with van der Waals surface area (Å²) < 4.78 is 34.3. The Morgan fingerprint density at radius 2 is 1.57 bits per heavy atom. The number of sulfonamides is 1. The summed E-state index contributed by atoms with van der Waals surface area (Å²) in [4.78, 5) is 4.83. The van der Waals surface area contributed by atoms with E-state index in [0.29, 0.717) is 18.0 Å². The summed E-state index contributed by atoms with van der Waals surface area (Å²) in [5.41, 5.74) is 4.40. The smallest absolute Gasteiger partial charge is 0.264 e. The molecule has 1 aromatic heterocycles. The zero-order chi connectivity index (χ0) is 21.1. The van der Waals surface area contributed by atoms with Gasteiger partial charge < -0.3 is 4.42 Å². The number of hydrogen-bond donors (Lipinski definition) is 1. The molecule has 6 heteroatoms. The van der Waals surface area contributed by atoms with E-state index in [2.05, 4.69) is 9.71 Å². The number of benzene rings is 3. The van der Waals surface area contributed by atoms with Gasteiger partial charge in [0.15, 0.2) is 0 Å². The number of aryl methyl sites for hydroxylation is 2. The summed E-state index contributed by atoms with van der Waals surface area (Å²) in [6, 6.07) is 24.0. The van der Waals surface area contributed by atoms with Crippen molar-refractivity contribution in [2.75, 3.05) is 4.72 Å². The van der Waals surface area contributed by atoms with Gasteiger partial charge in [-0.2, -0.15) is 0 Å². The molecule has 0 atom stereocenters. The number of anilines is 1. The molecule has 152 valence electrons. The van der Waals surface area contributed by atoms with Crippen molar-refractivity contribution in [3.63, 3.8) is 0 Å². The molecule has 0 saturated carbocycles. The van der Waals surface area contributed by atoms with Crippen molar-refractivity contribution in [2.24, 2.45) is 0 Å². The van der Waals surface area contributed by atoms with Gasteiger partial charge in [-0.25, -0.2) is 18.1 Å². The molecule has 0 bridgehead atoms. The van der Waals surface area contributed by atoms with Gasteiger partial charge in [-0.1, -0.05) is 66.2 Å². The predicted octanol–water partition coefficient (Wildman–Crippen LogP) is 5.35. The van der Waals surface area contributed by atoms with Crippen LogP contribution in [0.25, 0.3) is 11.3 Å². The van der Waals surface area contributed by atoms with E-state index in [4.69, 9.17) is 4.42 Å². The Morgan fingerprint density at radius 3 is 2.27 bits per heavy atom. The second-order valence-electron chi connectivity index (χ2n) is 7.18. The Hall–Kier alpha value is -3.38. The van der Waals surface area contributed by atoms with Crippen LogP contribution in [0.1, 0.15) is 22.6 Å². The Kier molecular flexibility index (Phi) is 5.42. The van der Waals surface area contributed by atoms with Crippen molar-refractivity contribution in [1.29, 1.82) is 0 Å². The lowest BCUT2D eigenvalue weighted by molar-refractivity contribution is 0.521. The summed E-state index contributed by atoms with van der Waals surface area (Å²) in [6.07, 6.45) is 0.464. The standard InChI is InChI=1S/C24H22N2O3S/c1-17-13-14-18(2)21(15-17)23-24(26-30(27,28)20-11-7-4-8-12-20)29-22(25-23)16-19-9-5-3-6-10-19/h3-15,26H,16H2,1-2H3. The summed E-state index contributed by atoms with van der Waals surface area (Å²) in [5.74, 6) is 0.571. The second kappa shape index (κ2) is 8.16. The van der Waals surface area contributed by atoms with E-state index in [1.807, 2.05) is 62.4 Å². The minimum Gasteiger partial charge on any atom is -0.423 e. The average Bonchev–Trinajstić information content (AvgIpc) is 3.12. The first-order chi connectivity index (χ1) is 14.4. The van der Waals surface area contributed by atoms with Crippen LogP contribution in [-0.4, -0.2) is 13.4 Å². The Labute approximate surface area is 176 Å². The summed E-state index contributed by atoms with van der Waals surface area (Å²) in [7, 11) is -3.81. The van der Waals surface area contributed by atoms with E-state index < -0.39 is 10.0 Å². The van der Waals surface area contributed by atoms with Gasteiger partial charge in [0, 0.05) is 12.0 Å². The van der Waals surface area contributed by atoms with E-state index in [9.17, 15) is 8.42 Å². The van der Waals surface area contributed by atoms with Crippen molar-refractivity contribution in [3.8, 4) is 11.3 Å².